The Morgan fingerprint density at radius 3 is 2.40 bits per heavy atom. The van der Waals surface area contributed by atoms with Crippen molar-refractivity contribution in [2.75, 3.05) is 32.1 Å². The molecule has 3 aromatic carbocycles. The van der Waals surface area contributed by atoms with Crippen molar-refractivity contribution in [3.8, 4) is 11.5 Å². The molecule has 42 heavy (non-hydrogen) atoms. The molecule has 5 nitrogen and oxygen atoms in total. The molecule has 1 saturated heterocycles. The van der Waals surface area contributed by atoms with Crippen LogP contribution >= 0.6 is 11.8 Å². The van der Waals surface area contributed by atoms with Crippen molar-refractivity contribution in [1.82, 2.24) is 4.90 Å². The van der Waals surface area contributed by atoms with Crippen LogP contribution in [0.25, 0.3) is 11.1 Å². The summed E-state index contributed by atoms with van der Waals surface area (Å²) in [5.41, 5.74) is -1.72. The van der Waals surface area contributed by atoms with Crippen molar-refractivity contribution in [3.05, 3.63) is 88.7 Å². The molecule has 0 unspecified atom stereocenters. The van der Waals surface area contributed by atoms with E-state index in [-0.39, 0.29) is 18.5 Å². The number of fused-ring (bicyclic) bond motifs is 1. The summed E-state index contributed by atoms with van der Waals surface area (Å²) in [7, 11) is -5.83. The van der Waals surface area contributed by atoms with E-state index in [4.69, 9.17) is 4.74 Å². The first-order valence-electron chi connectivity index (χ1n) is 13.3. The molecular formula is C30H28F5NO4S2. The van der Waals surface area contributed by atoms with E-state index in [1.165, 1.54) is 30.0 Å². The normalized spacial score (nSPS) is 17.8. The molecule has 0 saturated carbocycles. The van der Waals surface area contributed by atoms with E-state index in [2.05, 4.69) is 9.08 Å². The number of alkyl halides is 4. The zero-order chi connectivity index (χ0) is 30.1. The lowest BCUT2D eigenvalue weighted by Crippen LogP contribution is -2.28. The number of likely N-dealkylation sites (tertiary alicyclic amines) is 1. The average Bonchev–Trinajstić information content (AvgIpc) is 3.38. The van der Waals surface area contributed by atoms with Gasteiger partial charge in [-0.3, -0.25) is 9.29 Å². The minimum atomic E-state index is -5.83. The van der Waals surface area contributed by atoms with Crippen molar-refractivity contribution in [2.45, 2.75) is 36.3 Å². The van der Waals surface area contributed by atoms with E-state index in [9.17, 15) is 26.0 Å². The van der Waals surface area contributed by atoms with Crippen LogP contribution in [0.3, 0.4) is 0 Å². The maximum absolute atomic E-state index is 15.2. The van der Waals surface area contributed by atoms with E-state index < -0.39 is 27.2 Å². The molecule has 0 bridgehead atoms. The summed E-state index contributed by atoms with van der Waals surface area (Å²) >= 11 is 1.25. The third-order valence-corrected chi connectivity index (χ3v) is 9.18. The highest BCUT2D eigenvalue weighted by atomic mass is 32.2. The summed E-state index contributed by atoms with van der Waals surface area (Å²) in [5.74, 6) is 0.0589. The van der Waals surface area contributed by atoms with Gasteiger partial charge in [0.2, 0.25) is 0 Å². The highest BCUT2D eigenvalue weighted by Gasteiger charge is 2.48. The monoisotopic (exact) mass is 625 g/mol. The summed E-state index contributed by atoms with van der Waals surface area (Å²) in [6.45, 7) is 3.67. The van der Waals surface area contributed by atoms with Crippen molar-refractivity contribution >= 4 is 33.0 Å². The summed E-state index contributed by atoms with van der Waals surface area (Å²) in [4.78, 5) is 2.66. The van der Waals surface area contributed by atoms with Crippen LogP contribution in [-0.2, 0) is 10.1 Å². The number of hydrogen-bond acceptors (Lipinski definition) is 6. The van der Waals surface area contributed by atoms with Gasteiger partial charge in [0.15, 0.2) is 0 Å². The van der Waals surface area contributed by atoms with E-state index in [0.29, 0.717) is 52.4 Å². The Morgan fingerprint density at radius 1 is 1.00 bits per heavy atom. The number of halogens is 5. The summed E-state index contributed by atoms with van der Waals surface area (Å²) in [6, 6.07) is 16.1. The summed E-state index contributed by atoms with van der Waals surface area (Å²) in [6.07, 6.45) is 1.30. The van der Waals surface area contributed by atoms with Gasteiger partial charge in [-0.1, -0.05) is 24.3 Å². The molecule has 224 valence electrons. The first kappa shape index (κ1) is 30.4. The van der Waals surface area contributed by atoms with Crippen LogP contribution in [0.15, 0.2) is 65.6 Å². The molecule has 5 rings (SSSR count). The number of hydrogen-bond donors (Lipinski definition) is 0. The minimum Gasteiger partial charge on any atom is -0.489 e. The molecule has 3 aromatic rings. The molecule has 2 heterocycles. The van der Waals surface area contributed by atoms with Crippen molar-refractivity contribution in [1.29, 1.82) is 0 Å². The summed E-state index contributed by atoms with van der Waals surface area (Å²) < 4.78 is 100.0. The van der Waals surface area contributed by atoms with Gasteiger partial charge in [-0.2, -0.15) is 21.6 Å². The molecule has 1 atom stereocenters. The first-order valence-corrected chi connectivity index (χ1v) is 15.7. The number of thioether (sulfide) groups is 1. The van der Waals surface area contributed by atoms with Gasteiger partial charge in [-0.05, 0) is 84.0 Å². The van der Waals surface area contributed by atoms with E-state index in [0.717, 1.165) is 30.2 Å². The Morgan fingerprint density at radius 2 is 1.71 bits per heavy atom. The molecule has 12 heteroatoms. The molecule has 0 aliphatic carbocycles. The molecule has 0 radical (unpaired) electrons. The lowest BCUT2D eigenvalue weighted by atomic mass is 9.89. The second kappa shape index (κ2) is 12.3. The SMILES string of the molecule is Cc1ccc(C2=C(c3ccc(O[C@H]4CCN(CCCF)C4)cc3)c3ccc(OS(=O)(=O)C(F)(F)F)cc3SC2)c(F)c1. The highest BCUT2D eigenvalue weighted by Crippen LogP contribution is 2.46. The maximum Gasteiger partial charge on any atom is 0.534 e. The fourth-order valence-electron chi connectivity index (χ4n) is 5.12. The van der Waals surface area contributed by atoms with Gasteiger partial charge in [0.25, 0.3) is 0 Å². The van der Waals surface area contributed by atoms with Gasteiger partial charge in [0, 0.05) is 35.8 Å². The van der Waals surface area contributed by atoms with Gasteiger partial charge >= 0.3 is 15.6 Å². The van der Waals surface area contributed by atoms with Crippen molar-refractivity contribution in [3.63, 3.8) is 0 Å². The Balaban J connectivity index is 1.48. The van der Waals surface area contributed by atoms with Gasteiger partial charge in [0.1, 0.15) is 23.4 Å². The first-order chi connectivity index (χ1) is 19.9. The minimum absolute atomic E-state index is 0.0231. The second-order valence-electron chi connectivity index (χ2n) is 10.2. The Hall–Kier alpha value is -3.09. The maximum atomic E-state index is 15.2. The van der Waals surface area contributed by atoms with Gasteiger partial charge in [-0.25, -0.2) is 4.39 Å². The van der Waals surface area contributed by atoms with E-state index >= 15 is 4.39 Å². The van der Waals surface area contributed by atoms with Crippen LogP contribution in [0.1, 0.15) is 35.1 Å². The number of nitrogens with zero attached hydrogens (tertiary/aromatic N) is 1. The average molecular weight is 626 g/mol. The Kier molecular flexibility index (Phi) is 8.86. The van der Waals surface area contributed by atoms with Gasteiger partial charge < -0.3 is 8.92 Å². The molecule has 2 aliphatic rings. The quantitative estimate of drug-likeness (QED) is 0.142. The van der Waals surface area contributed by atoms with Crippen LogP contribution in [-0.4, -0.2) is 57.0 Å². The predicted molar refractivity (Wildman–Crippen MR) is 152 cm³/mol. The fraction of sp³-hybridized carbons (Fsp3) is 0.333. The van der Waals surface area contributed by atoms with Crippen LogP contribution in [0.2, 0.25) is 0 Å². The smallest absolute Gasteiger partial charge is 0.489 e. The highest BCUT2D eigenvalue weighted by molar-refractivity contribution is 8.00. The standard InChI is InChI=1S/C30H28F5NO4S2/c1-19-3-9-24(27(32)15-19)26-18-41-28-16-22(40-42(37,38)30(33,34)35)8-10-25(28)29(26)20-4-6-21(7-5-20)39-23-11-14-36(17-23)13-2-12-31/h3-10,15-16,23H,2,11-14,17-18H2,1H3/t23-/m0/s1. The fourth-order valence-corrected chi connectivity index (χ4v) is 6.69. The van der Waals surface area contributed by atoms with E-state index in [1.54, 1.807) is 19.1 Å². The molecule has 1 fully saturated rings. The zero-order valence-electron chi connectivity index (χ0n) is 22.6. The largest absolute Gasteiger partial charge is 0.534 e. The van der Waals surface area contributed by atoms with Crippen LogP contribution in [0.4, 0.5) is 22.0 Å². The number of benzene rings is 3. The third-order valence-electron chi connectivity index (χ3n) is 7.12. The summed E-state index contributed by atoms with van der Waals surface area (Å²) in [5, 5.41) is 0. The van der Waals surface area contributed by atoms with Crippen LogP contribution in [0.5, 0.6) is 11.5 Å². The molecule has 0 spiro atoms. The van der Waals surface area contributed by atoms with Crippen LogP contribution < -0.4 is 8.92 Å². The van der Waals surface area contributed by atoms with Crippen LogP contribution in [0, 0.1) is 12.7 Å². The van der Waals surface area contributed by atoms with Crippen molar-refractivity contribution < 1.29 is 39.3 Å². The van der Waals surface area contributed by atoms with Gasteiger partial charge in [0.05, 0.1) is 6.67 Å². The molecular weight excluding hydrogens is 597 g/mol. The number of aryl methyl sites for hydroxylation is 1. The van der Waals surface area contributed by atoms with E-state index in [1.807, 2.05) is 24.3 Å². The van der Waals surface area contributed by atoms with Crippen molar-refractivity contribution in [2.24, 2.45) is 0 Å². The lowest BCUT2D eigenvalue weighted by molar-refractivity contribution is -0.0500. The topological polar surface area (TPSA) is 55.8 Å². The Bertz CT molecular complexity index is 1590. The third kappa shape index (κ3) is 6.60. The number of ether oxygens (including phenoxy) is 1. The Labute approximate surface area is 245 Å². The van der Waals surface area contributed by atoms with Gasteiger partial charge in [-0.15, -0.1) is 11.8 Å². The molecule has 0 amide bonds. The lowest BCUT2D eigenvalue weighted by Gasteiger charge is -2.25. The second-order valence-corrected chi connectivity index (χ2v) is 12.7. The zero-order valence-corrected chi connectivity index (χ0v) is 24.2. The number of rotatable bonds is 9. The molecule has 0 aromatic heterocycles. The molecule has 0 N–H and O–H groups in total. The predicted octanol–water partition coefficient (Wildman–Crippen LogP) is 7.24. The molecule has 2 aliphatic heterocycles.